The minimum atomic E-state index is -3.49. The lowest BCUT2D eigenvalue weighted by Crippen LogP contribution is -2.35. The quantitative estimate of drug-likeness (QED) is 0.683. The van der Waals surface area contributed by atoms with E-state index in [1.807, 2.05) is 0 Å². The molecule has 0 aromatic carbocycles. The van der Waals surface area contributed by atoms with Crippen molar-refractivity contribution in [3.8, 4) is 0 Å². The summed E-state index contributed by atoms with van der Waals surface area (Å²) in [5, 5.41) is 10.1. The molecule has 0 radical (unpaired) electrons. The third-order valence-electron chi connectivity index (χ3n) is 4.69. The van der Waals surface area contributed by atoms with Crippen molar-refractivity contribution in [3.63, 3.8) is 0 Å². The number of carbonyl (C=O) groups is 1. The van der Waals surface area contributed by atoms with Crippen molar-refractivity contribution in [2.24, 2.45) is 5.92 Å². The van der Waals surface area contributed by atoms with Gasteiger partial charge in [-0.2, -0.15) is 0 Å². The third kappa shape index (κ3) is 3.75. The lowest BCUT2D eigenvalue weighted by atomic mass is 10.1. The van der Waals surface area contributed by atoms with Gasteiger partial charge in [-0.15, -0.1) is 0 Å². The number of sulfonamides is 1. The van der Waals surface area contributed by atoms with Gasteiger partial charge < -0.3 is 15.0 Å². The van der Waals surface area contributed by atoms with Crippen LogP contribution in [0.5, 0.6) is 0 Å². The number of nitrogens with one attached hydrogen (secondary N) is 1. The molecule has 2 aliphatic rings. The van der Waals surface area contributed by atoms with Gasteiger partial charge in [-0.05, 0) is 12.8 Å². The molecule has 9 nitrogen and oxygen atoms in total. The molecule has 1 aromatic heterocycles. The first-order chi connectivity index (χ1) is 11.7. The molecular weight excluding hydrogens is 348 g/mol. The zero-order valence-corrected chi connectivity index (χ0v) is 15.0. The highest BCUT2D eigenvalue weighted by Crippen LogP contribution is 2.37. The number of aromatic nitrogens is 2. The Labute approximate surface area is 145 Å². The van der Waals surface area contributed by atoms with Crippen LogP contribution >= 0.6 is 0 Å². The predicted octanol–water partition coefficient (Wildman–Crippen LogP) is -1.03. The molecular formula is C15H22N4O5S. The molecule has 25 heavy (non-hydrogen) atoms. The van der Waals surface area contributed by atoms with E-state index in [9.17, 15) is 23.1 Å². The molecule has 1 aliphatic heterocycles. The number of amides is 1. The number of β-amino-alcohol motifs (C(OH)–C–C–N with tert-alkyl or cyclic N) is 1. The summed E-state index contributed by atoms with van der Waals surface area (Å²) in [5.74, 6) is -0.516. The van der Waals surface area contributed by atoms with Crippen molar-refractivity contribution < 1.29 is 18.3 Å². The van der Waals surface area contributed by atoms with Gasteiger partial charge in [0.2, 0.25) is 10.0 Å². The van der Waals surface area contributed by atoms with E-state index in [1.165, 1.54) is 25.2 Å². The van der Waals surface area contributed by atoms with Crippen molar-refractivity contribution in [1.82, 2.24) is 19.2 Å². The van der Waals surface area contributed by atoms with Crippen LogP contribution in [0.3, 0.4) is 0 Å². The van der Waals surface area contributed by atoms with Crippen LogP contribution in [0.1, 0.15) is 34.9 Å². The van der Waals surface area contributed by atoms with E-state index < -0.39 is 33.5 Å². The minimum Gasteiger partial charge on any atom is -0.391 e. The van der Waals surface area contributed by atoms with Gasteiger partial charge >= 0.3 is 0 Å². The van der Waals surface area contributed by atoms with Crippen LogP contribution in [0, 0.1) is 5.92 Å². The van der Waals surface area contributed by atoms with Crippen LogP contribution in [-0.4, -0.2) is 77.6 Å². The third-order valence-corrected chi connectivity index (χ3v) is 6.65. The van der Waals surface area contributed by atoms with Crippen LogP contribution in [0.15, 0.2) is 11.0 Å². The number of rotatable bonds is 5. The molecule has 138 valence electrons. The first-order valence-corrected chi connectivity index (χ1v) is 9.76. The average molecular weight is 370 g/mol. The number of hydrogen-bond acceptors (Lipinski definition) is 6. The van der Waals surface area contributed by atoms with Crippen molar-refractivity contribution in [2.75, 3.05) is 32.9 Å². The van der Waals surface area contributed by atoms with Crippen LogP contribution < -0.4 is 5.56 Å². The molecule has 3 rings (SSSR count). The maximum absolute atomic E-state index is 12.6. The number of aliphatic hydroxyl groups is 1. The maximum atomic E-state index is 12.6. The second-order valence-corrected chi connectivity index (χ2v) is 9.11. The average Bonchev–Trinajstić information content (AvgIpc) is 3.32. The molecule has 1 saturated heterocycles. The summed E-state index contributed by atoms with van der Waals surface area (Å²) in [7, 11) is -0.644. The minimum absolute atomic E-state index is 0.00371. The van der Waals surface area contributed by atoms with Gasteiger partial charge in [0, 0.05) is 45.2 Å². The monoisotopic (exact) mass is 370 g/mol. The highest BCUT2D eigenvalue weighted by molar-refractivity contribution is 7.89. The second-order valence-electron chi connectivity index (χ2n) is 6.88. The molecule has 1 aromatic rings. The number of aliphatic hydroxyl groups excluding tert-OH is 1. The molecule has 0 spiro atoms. The smallest absolute Gasteiger partial charge is 0.263 e. The Bertz CT molecular complexity index is 831. The molecule has 2 N–H and O–H groups in total. The van der Waals surface area contributed by atoms with Gasteiger partial charge in [-0.1, -0.05) is 0 Å². The Hall–Kier alpha value is -1.78. The van der Waals surface area contributed by atoms with E-state index in [1.54, 1.807) is 0 Å². The topological polar surface area (TPSA) is 124 Å². The number of likely N-dealkylation sites (tertiary alicyclic amines) is 1. The number of carbonyl (C=O) groups excluding carboxylic acids is 1. The molecule has 2 atom stereocenters. The molecule has 1 amide bonds. The Morgan fingerprint density at radius 1 is 1.40 bits per heavy atom. The van der Waals surface area contributed by atoms with Gasteiger partial charge in [0.1, 0.15) is 11.4 Å². The van der Waals surface area contributed by atoms with Crippen molar-refractivity contribution in [1.29, 1.82) is 0 Å². The van der Waals surface area contributed by atoms with E-state index >= 15 is 0 Å². The summed E-state index contributed by atoms with van der Waals surface area (Å²) in [6, 6.07) is 0. The predicted molar refractivity (Wildman–Crippen MR) is 89.7 cm³/mol. The summed E-state index contributed by atoms with van der Waals surface area (Å²) >= 11 is 0. The first kappa shape index (κ1) is 18.0. The van der Waals surface area contributed by atoms with E-state index in [4.69, 9.17) is 0 Å². The molecule has 10 heteroatoms. The fraction of sp³-hybridized carbons (Fsp3) is 0.667. The zero-order chi connectivity index (χ0) is 18.4. The van der Waals surface area contributed by atoms with E-state index in [0.29, 0.717) is 5.82 Å². The Balaban J connectivity index is 1.72. The van der Waals surface area contributed by atoms with Crippen LogP contribution in [0.4, 0.5) is 0 Å². The standard InChI is InChI=1S/C15H22N4O5S/c1-18(2)25(23,24)8-10-6-19(7-12(10)20)15(22)11-5-16-13(9-3-4-9)17-14(11)21/h5,9-10,12,20H,3-4,6-8H2,1-2H3,(H,16,17,21)/t10-,12-/m0/s1. The van der Waals surface area contributed by atoms with Crippen molar-refractivity contribution in [3.05, 3.63) is 27.9 Å². The van der Waals surface area contributed by atoms with Crippen LogP contribution in [-0.2, 0) is 10.0 Å². The summed E-state index contributed by atoms with van der Waals surface area (Å²) in [6.45, 7) is 0.0765. The largest absolute Gasteiger partial charge is 0.391 e. The van der Waals surface area contributed by atoms with E-state index in [0.717, 1.165) is 17.1 Å². The highest BCUT2D eigenvalue weighted by atomic mass is 32.2. The Kier molecular flexibility index (Phi) is 4.69. The van der Waals surface area contributed by atoms with E-state index in [2.05, 4.69) is 9.97 Å². The lowest BCUT2D eigenvalue weighted by Gasteiger charge is -2.17. The van der Waals surface area contributed by atoms with Gasteiger partial charge in [-0.25, -0.2) is 17.7 Å². The summed E-state index contributed by atoms with van der Waals surface area (Å²) in [4.78, 5) is 32.8. The molecule has 2 fully saturated rings. The molecule has 1 saturated carbocycles. The summed E-state index contributed by atoms with van der Waals surface area (Å²) in [6.07, 6.45) is 2.29. The van der Waals surface area contributed by atoms with Gasteiger partial charge in [0.15, 0.2) is 0 Å². The molecule has 0 unspecified atom stereocenters. The summed E-state index contributed by atoms with van der Waals surface area (Å²) < 4.78 is 25.1. The van der Waals surface area contributed by atoms with Gasteiger partial charge in [0.25, 0.3) is 11.5 Å². The molecule has 2 heterocycles. The normalized spacial score (nSPS) is 24.1. The molecule has 1 aliphatic carbocycles. The fourth-order valence-corrected chi connectivity index (χ4v) is 4.07. The number of hydrogen-bond donors (Lipinski definition) is 2. The highest BCUT2D eigenvalue weighted by Gasteiger charge is 2.38. The SMILES string of the molecule is CN(C)S(=O)(=O)C[C@@H]1CN(C(=O)c2cnc(C3CC3)[nH]c2=O)C[C@@H]1O. The zero-order valence-electron chi connectivity index (χ0n) is 14.2. The molecule has 0 bridgehead atoms. The summed E-state index contributed by atoms with van der Waals surface area (Å²) in [5.41, 5.74) is -0.589. The Morgan fingerprint density at radius 3 is 2.64 bits per heavy atom. The van der Waals surface area contributed by atoms with Gasteiger partial charge in [0.05, 0.1) is 11.9 Å². The second kappa shape index (κ2) is 6.50. The van der Waals surface area contributed by atoms with Gasteiger partial charge in [-0.3, -0.25) is 9.59 Å². The number of H-pyrrole nitrogens is 1. The van der Waals surface area contributed by atoms with Crippen molar-refractivity contribution in [2.45, 2.75) is 24.9 Å². The van der Waals surface area contributed by atoms with Crippen LogP contribution in [0.25, 0.3) is 0 Å². The first-order valence-electron chi connectivity index (χ1n) is 8.16. The van der Waals surface area contributed by atoms with Crippen LogP contribution in [0.2, 0.25) is 0 Å². The maximum Gasteiger partial charge on any atom is 0.263 e. The number of aromatic amines is 1. The Morgan fingerprint density at radius 2 is 2.08 bits per heavy atom. The lowest BCUT2D eigenvalue weighted by molar-refractivity contribution is 0.0762. The number of nitrogens with zero attached hydrogens (tertiary/aromatic N) is 3. The fourth-order valence-electron chi connectivity index (χ4n) is 2.90. The van der Waals surface area contributed by atoms with E-state index in [-0.39, 0.29) is 30.3 Å². The van der Waals surface area contributed by atoms with Crippen molar-refractivity contribution >= 4 is 15.9 Å².